The van der Waals surface area contributed by atoms with Crippen molar-refractivity contribution >= 4 is 6.09 Å². The molecule has 1 saturated heterocycles. The van der Waals surface area contributed by atoms with Crippen LogP contribution in [-0.4, -0.2) is 59.9 Å². The molecule has 5 nitrogen and oxygen atoms in total. The van der Waals surface area contributed by atoms with Gasteiger partial charge in [0.2, 0.25) is 0 Å². The molecule has 2 unspecified atom stereocenters. The predicted molar refractivity (Wildman–Crippen MR) is 75.5 cm³/mol. The molecule has 124 valence electrons. The largest absolute Gasteiger partial charge is 0.444 e. The van der Waals surface area contributed by atoms with Crippen molar-refractivity contribution in [2.75, 3.05) is 19.6 Å². The highest BCUT2D eigenvalue weighted by atomic mass is 19.3. The first kappa shape index (κ1) is 18.1. The smallest absolute Gasteiger partial charge is 0.410 e. The maximum Gasteiger partial charge on any atom is 0.410 e. The number of carbonyl (C=O) groups is 1. The number of nitrogens with one attached hydrogen (secondary N) is 1. The van der Waals surface area contributed by atoms with Crippen molar-refractivity contribution in [1.82, 2.24) is 10.2 Å². The minimum Gasteiger partial charge on any atom is -0.444 e. The molecule has 1 amide bonds. The third-order valence-electron chi connectivity index (χ3n) is 3.28. The van der Waals surface area contributed by atoms with Gasteiger partial charge >= 0.3 is 6.09 Å². The number of nitrogens with zero attached hydrogens (tertiary/aromatic N) is 1. The summed E-state index contributed by atoms with van der Waals surface area (Å²) in [6, 6.07) is -0.0847. The van der Waals surface area contributed by atoms with Gasteiger partial charge in [-0.25, -0.2) is 13.6 Å². The van der Waals surface area contributed by atoms with Crippen LogP contribution >= 0.6 is 0 Å². The average molecular weight is 308 g/mol. The summed E-state index contributed by atoms with van der Waals surface area (Å²) in [4.78, 5) is 13.8. The Morgan fingerprint density at radius 1 is 1.43 bits per heavy atom. The molecule has 1 heterocycles. The second-order valence-electron chi connectivity index (χ2n) is 6.38. The Kier molecular flexibility index (Phi) is 6.80. The Bertz CT molecular complexity index is 335. The average Bonchev–Trinajstić information content (AvgIpc) is 2.37. The standard InChI is InChI=1S/C14H26F2N2O3/c1-14(2,3)21-13(20)18-7-5-4-6-10(18)8-17-9-11(19)12(15)16/h10-12,17,19H,4-9H2,1-3H3. The Labute approximate surface area is 124 Å². The molecule has 1 aliphatic heterocycles. The third-order valence-corrected chi connectivity index (χ3v) is 3.28. The van der Waals surface area contributed by atoms with Crippen LogP contribution < -0.4 is 5.32 Å². The zero-order chi connectivity index (χ0) is 16.0. The van der Waals surface area contributed by atoms with Crippen LogP contribution in [0.15, 0.2) is 0 Å². The Morgan fingerprint density at radius 3 is 2.67 bits per heavy atom. The van der Waals surface area contributed by atoms with Gasteiger partial charge in [0, 0.05) is 25.7 Å². The molecule has 0 aromatic carbocycles. The van der Waals surface area contributed by atoms with Crippen LogP contribution in [0.1, 0.15) is 40.0 Å². The summed E-state index contributed by atoms with van der Waals surface area (Å²) in [6.45, 7) is 6.22. The highest BCUT2D eigenvalue weighted by Crippen LogP contribution is 2.20. The lowest BCUT2D eigenvalue weighted by Gasteiger charge is -2.37. The van der Waals surface area contributed by atoms with E-state index in [9.17, 15) is 13.6 Å². The monoisotopic (exact) mass is 308 g/mol. The van der Waals surface area contributed by atoms with Gasteiger partial charge in [0.15, 0.2) is 0 Å². The van der Waals surface area contributed by atoms with Crippen LogP contribution in [0.5, 0.6) is 0 Å². The zero-order valence-electron chi connectivity index (χ0n) is 12.9. The number of rotatable bonds is 5. The number of likely N-dealkylation sites (tertiary alicyclic amines) is 1. The van der Waals surface area contributed by atoms with Crippen molar-refractivity contribution in [3.63, 3.8) is 0 Å². The van der Waals surface area contributed by atoms with E-state index in [4.69, 9.17) is 9.84 Å². The first-order valence-corrected chi connectivity index (χ1v) is 7.37. The number of aliphatic hydroxyl groups is 1. The number of alkyl halides is 2. The predicted octanol–water partition coefficient (Wildman–Crippen LogP) is 1.99. The van der Waals surface area contributed by atoms with Gasteiger partial charge in [-0.2, -0.15) is 0 Å². The minimum absolute atomic E-state index is 0.0847. The molecule has 2 N–H and O–H groups in total. The lowest BCUT2D eigenvalue weighted by Crippen LogP contribution is -2.51. The summed E-state index contributed by atoms with van der Waals surface area (Å²) in [5, 5.41) is 11.9. The molecule has 1 aliphatic rings. The van der Waals surface area contributed by atoms with Crippen LogP contribution in [0.2, 0.25) is 0 Å². The van der Waals surface area contributed by atoms with Crippen LogP contribution in [-0.2, 0) is 4.74 Å². The van der Waals surface area contributed by atoms with Crippen molar-refractivity contribution in [2.45, 2.75) is 64.2 Å². The first-order valence-electron chi connectivity index (χ1n) is 7.37. The van der Waals surface area contributed by atoms with Gasteiger partial charge in [-0.3, -0.25) is 0 Å². The second kappa shape index (κ2) is 7.89. The van der Waals surface area contributed by atoms with Crippen LogP contribution in [0.3, 0.4) is 0 Å². The lowest BCUT2D eigenvalue weighted by atomic mass is 10.0. The van der Waals surface area contributed by atoms with Gasteiger partial charge in [-0.1, -0.05) is 0 Å². The maximum atomic E-state index is 12.2. The SMILES string of the molecule is CC(C)(C)OC(=O)N1CCCCC1CNCC(O)C(F)F. The molecule has 0 saturated carbocycles. The first-order chi connectivity index (χ1) is 9.70. The van der Waals surface area contributed by atoms with Crippen molar-refractivity contribution < 1.29 is 23.4 Å². The van der Waals surface area contributed by atoms with Gasteiger partial charge in [-0.15, -0.1) is 0 Å². The third kappa shape index (κ3) is 6.56. The number of hydrogen-bond donors (Lipinski definition) is 2. The fourth-order valence-electron chi connectivity index (χ4n) is 2.26. The van der Waals surface area contributed by atoms with E-state index in [0.717, 1.165) is 19.3 Å². The van der Waals surface area contributed by atoms with E-state index in [1.807, 2.05) is 0 Å². The van der Waals surface area contributed by atoms with Crippen LogP contribution in [0.25, 0.3) is 0 Å². The Balaban J connectivity index is 2.47. The number of amides is 1. The molecule has 0 aliphatic carbocycles. The van der Waals surface area contributed by atoms with E-state index in [0.29, 0.717) is 13.1 Å². The van der Waals surface area contributed by atoms with Crippen LogP contribution in [0.4, 0.5) is 13.6 Å². The van der Waals surface area contributed by atoms with E-state index >= 15 is 0 Å². The Hall–Kier alpha value is -0.950. The zero-order valence-corrected chi connectivity index (χ0v) is 12.9. The van der Waals surface area contributed by atoms with Crippen LogP contribution in [0, 0.1) is 0 Å². The molecule has 7 heteroatoms. The minimum atomic E-state index is -2.76. The summed E-state index contributed by atoms with van der Waals surface area (Å²) in [7, 11) is 0. The number of aliphatic hydroxyl groups excluding tert-OH is 1. The normalized spacial score (nSPS) is 21.5. The molecule has 0 bridgehead atoms. The van der Waals surface area contributed by atoms with E-state index in [1.165, 1.54) is 0 Å². The van der Waals surface area contributed by atoms with Gasteiger partial charge in [-0.05, 0) is 40.0 Å². The van der Waals surface area contributed by atoms with Gasteiger partial charge in [0.25, 0.3) is 6.43 Å². The quantitative estimate of drug-likeness (QED) is 0.815. The van der Waals surface area contributed by atoms with E-state index in [-0.39, 0.29) is 18.7 Å². The number of ether oxygens (including phenoxy) is 1. The fourth-order valence-corrected chi connectivity index (χ4v) is 2.26. The van der Waals surface area contributed by atoms with E-state index in [2.05, 4.69) is 5.32 Å². The molecule has 0 spiro atoms. The van der Waals surface area contributed by atoms with Gasteiger partial charge in [0.05, 0.1) is 0 Å². The number of carbonyl (C=O) groups excluding carboxylic acids is 1. The molecule has 0 aromatic heterocycles. The highest BCUT2D eigenvalue weighted by molar-refractivity contribution is 5.68. The molecule has 0 radical (unpaired) electrons. The topological polar surface area (TPSA) is 61.8 Å². The summed E-state index contributed by atoms with van der Waals surface area (Å²) in [6.07, 6.45) is -2.10. The maximum absolute atomic E-state index is 12.2. The van der Waals surface area contributed by atoms with E-state index in [1.54, 1.807) is 25.7 Å². The molecule has 1 rings (SSSR count). The molecular weight excluding hydrogens is 282 g/mol. The van der Waals surface area contributed by atoms with Crippen molar-refractivity contribution in [2.24, 2.45) is 0 Å². The van der Waals surface area contributed by atoms with Gasteiger partial charge in [0.1, 0.15) is 11.7 Å². The molecular formula is C14H26F2N2O3. The Morgan fingerprint density at radius 2 is 2.10 bits per heavy atom. The van der Waals surface area contributed by atoms with Gasteiger partial charge < -0.3 is 20.1 Å². The van der Waals surface area contributed by atoms with Crippen molar-refractivity contribution in [1.29, 1.82) is 0 Å². The number of halogens is 2. The second-order valence-corrected chi connectivity index (χ2v) is 6.38. The summed E-state index contributed by atoms with van der Waals surface area (Å²) in [5.74, 6) is 0. The van der Waals surface area contributed by atoms with Crippen molar-refractivity contribution in [3.05, 3.63) is 0 Å². The lowest BCUT2D eigenvalue weighted by molar-refractivity contribution is -0.00653. The highest BCUT2D eigenvalue weighted by Gasteiger charge is 2.30. The molecule has 1 fully saturated rings. The van der Waals surface area contributed by atoms with Crippen molar-refractivity contribution in [3.8, 4) is 0 Å². The van der Waals surface area contributed by atoms with E-state index < -0.39 is 18.1 Å². The number of piperidine rings is 1. The number of hydrogen-bond acceptors (Lipinski definition) is 4. The molecule has 2 atom stereocenters. The molecule has 0 aromatic rings. The summed E-state index contributed by atoms with van der Waals surface area (Å²) >= 11 is 0. The fraction of sp³-hybridized carbons (Fsp3) is 0.929. The summed E-state index contributed by atoms with van der Waals surface area (Å²) in [5.41, 5.74) is -0.557. The molecule has 21 heavy (non-hydrogen) atoms. The summed E-state index contributed by atoms with van der Waals surface area (Å²) < 4.78 is 29.8.